The lowest BCUT2D eigenvalue weighted by Crippen LogP contribution is -2.48. The molecule has 0 amide bonds. The van der Waals surface area contributed by atoms with Crippen LogP contribution in [0.1, 0.15) is 37.8 Å². The molecule has 2 rings (SSSR count). The fraction of sp³-hybridized carbons (Fsp3) is 0.667. The summed E-state index contributed by atoms with van der Waals surface area (Å²) in [7, 11) is 3.28. The zero-order valence-electron chi connectivity index (χ0n) is 12.2. The maximum atomic E-state index is 6.20. The Morgan fingerprint density at radius 2 is 2.00 bits per heavy atom. The average molecular weight is 299 g/mol. The minimum atomic E-state index is 0.0373. The topological polar surface area (TPSA) is 43.4 Å². The third-order valence-electron chi connectivity index (χ3n) is 4.06. The highest BCUT2D eigenvalue weighted by Crippen LogP contribution is 2.32. The molecule has 1 aromatic rings. The summed E-state index contributed by atoms with van der Waals surface area (Å²) in [4.78, 5) is 4.40. The molecule has 4 nitrogen and oxygen atoms in total. The second kappa shape index (κ2) is 7.14. The third-order valence-corrected chi connectivity index (χ3v) is 4.58. The number of hydrogen-bond donors (Lipinski definition) is 1. The summed E-state index contributed by atoms with van der Waals surface area (Å²) in [5, 5.41) is 3.60. The molecule has 1 aliphatic carbocycles. The Balaban J connectivity index is 2.09. The summed E-state index contributed by atoms with van der Waals surface area (Å²) in [5.41, 5.74) is 0.900. The van der Waals surface area contributed by atoms with Gasteiger partial charge in [-0.05, 0) is 12.8 Å². The summed E-state index contributed by atoms with van der Waals surface area (Å²) in [5.74, 6) is 2.05. The van der Waals surface area contributed by atoms with Crippen LogP contribution in [0.5, 0.6) is 11.5 Å². The Morgan fingerprint density at radius 1 is 1.25 bits per heavy atom. The molecule has 20 heavy (non-hydrogen) atoms. The van der Waals surface area contributed by atoms with E-state index in [-0.39, 0.29) is 5.54 Å². The van der Waals surface area contributed by atoms with Crippen molar-refractivity contribution < 1.29 is 9.47 Å². The van der Waals surface area contributed by atoms with Crippen molar-refractivity contribution in [2.45, 2.75) is 44.2 Å². The molecule has 0 saturated heterocycles. The van der Waals surface area contributed by atoms with Crippen LogP contribution < -0.4 is 14.8 Å². The van der Waals surface area contributed by atoms with Gasteiger partial charge in [-0.2, -0.15) is 0 Å². The molecule has 0 atom stereocenters. The minimum Gasteiger partial charge on any atom is -0.493 e. The van der Waals surface area contributed by atoms with Gasteiger partial charge in [0.25, 0.3) is 0 Å². The van der Waals surface area contributed by atoms with Gasteiger partial charge in [-0.15, -0.1) is 11.6 Å². The molecule has 1 saturated carbocycles. The van der Waals surface area contributed by atoms with E-state index in [2.05, 4.69) is 10.3 Å². The summed E-state index contributed by atoms with van der Waals surface area (Å²) in [6.45, 7) is 0.646. The van der Waals surface area contributed by atoms with Crippen LogP contribution in [-0.2, 0) is 6.54 Å². The van der Waals surface area contributed by atoms with E-state index in [9.17, 15) is 0 Å². The normalized spacial score (nSPS) is 17.8. The second-order valence-electron chi connectivity index (χ2n) is 5.32. The smallest absolute Gasteiger partial charge is 0.183 e. The Bertz CT molecular complexity index is 434. The van der Waals surface area contributed by atoms with E-state index in [1.165, 1.54) is 19.3 Å². The molecule has 0 unspecified atom stereocenters. The Hall–Kier alpha value is -1.00. The molecule has 5 heteroatoms. The van der Waals surface area contributed by atoms with Crippen molar-refractivity contribution in [1.29, 1.82) is 0 Å². The van der Waals surface area contributed by atoms with E-state index in [0.717, 1.165) is 18.5 Å². The van der Waals surface area contributed by atoms with Gasteiger partial charge in [0.2, 0.25) is 0 Å². The fourth-order valence-corrected chi connectivity index (χ4v) is 3.20. The van der Waals surface area contributed by atoms with E-state index in [4.69, 9.17) is 21.1 Å². The van der Waals surface area contributed by atoms with Crippen molar-refractivity contribution in [1.82, 2.24) is 10.3 Å². The summed E-state index contributed by atoms with van der Waals surface area (Å²) in [6, 6.07) is 1.81. The standard InChI is InChI=1S/C15H23ClN2O2/c1-19-13-6-9-17-12(14(13)20-2)10-18-15(11-16)7-4-3-5-8-15/h6,9,18H,3-5,7-8,10-11H2,1-2H3. The van der Waals surface area contributed by atoms with Gasteiger partial charge in [0.05, 0.1) is 19.9 Å². The molecule has 0 bridgehead atoms. The van der Waals surface area contributed by atoms with Crippen molar-refractivity contribution in [2.24, 2.45) is 0 Å². The van der Waals surface area contributed by atoms with Crippen molar-refractivity contribution in [2.75, 3.05) is 20.1 Å². The first-order valence-corrected chi connectivity index (χ1v) is 7.65. The van der Waals surface area contributed by atoms with Crippen LogP contribution in [0.4, 0.5) is 0 Å². The summed E-state index contributed by atoms with van der Waals surface area (Å²) >= 11 is 6.20. The van der Waals surface area contributed by atoms with Crippen LogP contribution in [0.15, 0.2) is 12.3 Å². The van der Waals surface area contributed by atoms with Crippen LogP contribution >= 0.6 is 11.6 Å². The van der Waals surface area contributed by atoms with Crippen LogP contribution in [0.2, 0.25) is 0 Å². The summed E-state index contributed by atoms with van der Waals surface area (Å²) in [6.07, 6.45) is 7.78. The number of methoxy groups -OCH3 is 2. The highest BCUT2D eigenvalue weighted by Gasteiger charge is 2.31. The lowest BCUT2D eigenvalue weighted by Gasteiger charge is -2.36. The van der Waals surface area contributed by atoms with Crippen molar-refractivity contribution in [3.05, 3.63) is 18.0 Å². The average Bonchev–Trinajstić information content (AvgIpc) is 2.53. The van der Waals surface area contributed by atoms with Gasteiger partial charge in [0.15, 0.2) is 11.5 Å². The molecule has 1 heterocycles. The SMILES string of the molecule is COc1ccnc(CNC2(CCl)CCCCC2)c1OC. The van der Waals surface area contributed by atoms with Crippen molar-refractivity contribution in [3.63, 3.8) is 0 Å². The molecule has 0 radical (unpaired) electrons. The molecule has 1 fully saturated rings. The lowest BCUT2D eigenvalue weighted by atomic mass is 9.83. The number of nitrogens with one attached hydrogen (secondary N) is 1. The molecule has 0 aliphatic heterocycles. The number of alkyl halides is 1. The van der Waals surface area contributed by atoms with E-state index in [1.54, 1.807) is 26.5 Å². The molecular weight excluding hydrogens is 276 g/mol. The largest absolute Gasteiger partial charge is 0.493 e. The fourth-order valence-electron chi connectivity index (χ4n) is 2.83. The van der Waals surface area contributed by atoms with Crippen molar-refractivity contribution >= 4 is 11.6 Å². The van der Waals surface area contributed by atoms with Gasteiger partial charge in [0.1, 0.15) is 0 Å². The number of aromatic nitrogens is 1. The molecule has 1 aromatic heterocycles. The number of pyridine rings is 1. The molecule has 0 aromatic carbocycles. The molecule has 0 spiro atoms. The highest BCUT2D eigenvalue weighted by atomic mass is 35.5. The first-order valence-electron chi connectivity index (χ1n) is 7.11. The minimum absolute atomic E-state index is 0.0373. The van der Waals surface area contributed by atoms with Gasteiger partial charge in [-0.1, -0.05) is 19.3 Å². The van der Waals surface area contributed by atoms with Crippen LogP contribution in [-0.4, -0.2) is 30.6 Å². The van der Waals surface area contributed by atoms with E-state index in [1.807, 2.05) is 0 Å². The predicted octanol–water partition coefficient (Wildman–Crippen LogP) is 3.13. The van der Waals surface area contributed by atoms with Gasteiger partial charge < -0.3 is 14.8 Å². The molecule has 112 valence electrons. The maximum absolute atomic E-state index is 6.20. The number of ether oxygens (including phenoxy) is 2. The Kier molecular flexibility index (Phi) is 5.49. The second-order valence-corrected chi connectivity index (χ2v) is 5.59. The first-order chi connectivity index (χ1) is 9.74. The number of rotatable bonds is 6. The van der Waals surface area contributed by atoms with E-state index < -0.39 is 0 Å². The Labute approximate surface area is 125 Å². The lowest BCUT2D eigenvalue weighted by molar-refractivity contribution is 0.253. The molecule has 1 aliphatic rings. The van der Waals surface area contributed by atoms with E-state index in [0.29, 0.717) is 23.9 Å². The van der Waals surface area contributed by atoms with Gasteiger partial charge >= 0.3 is 0 Å². The highest BCUT2D eigenvalue weighted by molar-refractivity contribution is 6.18. The molecular formula is C15H23ClN2O2. The van der Waals surface area contributed by atoms with Gasteiger partial charge in [0, 0.05) is 30.2 Å². The van der Waals surface area contributed by atoms with Gasteiger partial charge in [-0.25, -0.2) is 0 Å². The summed E-state index contributed by atoms with van der Waals surface area (Å²) < 4.78 is 10.7. The maximum Gasteiger partial charge on any atom is 0.183 e. The first kappa shape index (κ1) is 15.4. The predicted molar refractivity (Wildman–Crippen MR) is 80.7 cm³/mol. The zero-order chi connectivity index (χ0) is 14.4. The molecule has 1 N–H and O–H groups in total. The zero-order valence-corrected chi connectivity index (χ0v) is 13.0. The Morgan fingerprint density at radius 3 is 2.60 bits per heavy atom. The van der Waals surface area contributed by atoms with Crippen LogP contribution in [0.25, 0.3) is 0 Å². The van der Waals surface area contributed by atoms with Crippen LogP contribution in [0, 0.1) is 0 Å². The quantitative estimate of drug-likeness (QED) is 0.820. The van der Waals surface area contributed by atoms with Gasteiger partial charge in [-0.3, -0.25) is 4.98 Å². The van der Waals surface area contributed by atoms with Crippen LogP contribution in [0.3, 0.4) is 0 Å². The third kappa shape index (κ3) is 3.36. The van der Waals surface area contributed by atoms with E-state index >= 15 is 0 Å². The number of halogens is 1. The number of hydrogen-bond acceptors (Lipinski definition) is 4. The van der Waals surface area contributed by atoms with Crippen molar-refractivity contribution in [3.8, 4) is 11.5 Å². The monoisotopic (exact) mass is 298 g/mol. The number of nitrogens with zero attached hydrogens (tertiary/aromatic N) is 1.